The molecule has 2 unspecified atom stereocenters. The molecule has 0 saturated heterocycles. The van der Waals surface area contributed by atoms with Crippen LogP contribution in [-0.4, -0.2) is 42.5 Å². The van der Waals surface area contributed by atoms with E-state index in [1.165, 1.54) is 6.42 Å². The lowest BCUT2D eigenvalue weighted by Crippen LogP contribution is -2.51. The summed E-state index contributed by atoms with van der Waals surface area (Å²) in [5.41, 5.74) is 7.20. The Hall–Kier alpha value is -1.24. The first kappa shape index (κ1) is 28.8. The molecule has 1 aliphatic carbocycles. The van der Waals surface area contributed by atoms with Gasteiger partial charge in [0.15, 0.2) is 0 Å². The molecule has 32 heavy (non-hydrogen) atoms. The molecule has 1 saturated carbocycles. The van der Waals surface area contributed by atoms with E-state index in [2.05, 4.69) is 31.4 Å². The van der Waals surface area contributed by atoms with Gasteiger partial charge in [0, 0.05) is 12.5 Å². The lowest BCUT2D eigenvalue weighted by atomic mass is 9.70. The van der Waals surface area contributed by atoms with E-state index in [0.717, 1.165) is 24.2 Å². The van der Waals surface area contributed by atoms with Gasteiger partial charge in [-0.05, 0) is 61.0 Å². The second-order valence-electron chi connectivity index (χ2n) is 9.46. The maximum atomic E-state index is 13.1. The molecular formula is C25H42ClN3O2S. The van der Waals surface area contributed by atoms with Crippen LogP contribution in [0.25, 0.3) is 0 Å². The lowest BCUT2D eigenvalue weighted by molar-refractivity contribution is -0.130. The smallest absolute Gasteiger partial charge is 0.237 e. The van der Waals surface area contributed by atoms with Gasteiger partial charge in [0.2, 0.25) is 11.8 Å². The molecule has 5 atom stereocenters. The van der Waals surface area contributed by atoms with Crippen molar-refractivity contribution in [3.8, 4) is 0 Å². The minimum atomic E-state index is -0.522. The fraction of sp³-hybridized carbons (Fsp3) is 0.680. The van der Waals surface area contributed by atoms with E-state index in [1.807, 2.05) is 36.6 Å². The third kappa shape index (κ3) is 9.32. The number of carbonyl (C=O) groups excluding carboxylic acids is 2. The number of hydrogen-bond acceptors (Lipinski definition) is 4. The minimum absolute atomic E-state index is 0. The highest BCUT2D eigenvalue weighted by atomic mass is 35.5. The molecule has 2 rings (SSSR count). The molecule has 182 valence electrons. The summed E-state index contributed by atoms with van der Waals surface area (Å²) in [7, 11) is 0. The van der Waals surface area contributed by atoms with Crippen molar-refractivity contribution in [3.05, 3.63) is 35.9 Å². The maximum Gasteiger partial charge on any atom is 0.237 e. The third-order valence-electron chi connectivity index (χ3n) is 6.52. The molecular weight excluding hydrogens is 442 g/mol. The number of rotatable bonds is 11. The average Bonchev–Trinajstić information content (AvgIpc) is 2.75. The highest BCUT2D eigenvalue weighted by molar-refractivity contribution is 7.98. The van der Waals surface area contributed by atoms with Gasteiger partial charge in [-0.3, -0.25) is 9.59 Å². The summed E-state index contributed by atoms with van der Waals surface area (Å²) in [5, 5.41) is 6.25. The first-order valence-corrected chi connectivity index (χ1v) is 13.1. The molecule has 0 heterocycles. The predicted molar refractivity (Wildman–Crippen MR) is 138 cm³/mol. The van der Waals surface area contributed by atoms with Crippen molar-refractivity contribution >= 4 is 36.0 Å². The Balaban J connectivity index is 0.00000512. The van der Waals surface area contributed by atoms with Crippen molar-refractivity contribution < 1.29 is 9.59 Å². The van der Waals surface area contributed by atoms with E-state index in [1.54, 1.807) is 11.8 Å². The van der Waals surface area contributed by atoms with Gasteiger partial charge in [0.1, 0.15) is 0 Å². The van der Waals surface area contributed by atoms with Crippen molar-refractivity contribution in [1.29, 1.82) is 0 Å². The molecule has 7 heteroatoms. The molecule has 4 N–H and O–H groups in total. The normalized spacial score (nSPS) is 22.5. The van der Waals surface area contributed by atoms with E-state index in [9.17, 15) is 9.59 Å². The second-order valence-corrected chi connectivity index (χ2v) is 10.4. The fourth-order valence-electron chi connectivity index (χ4n) is 4.62. The van der Waals surface area contributed by atoms with Gasteiger partial charge >= 0.3 is 0 Å². The highest BCUT2D eigenvalue weighted by Crippen LogP contribution is 2.38. The van der Waals surface area contributed by atoms with E-state index in [0.29, 0.717) is 37.1 Å². The van der Waals surface area contributed by atoms with Gasteiger partial charge in [-0.1, -0.05) is 57.5 Å². The van der Waals surface area contributed by atoms with Crippen molar-refractivity contribution in [2.75, 3.05) is 18.6 Å². The SMILES string of the molecule is CSCCC(N)C(=O)NC(CNC(=O)[C@@H]1C[C@H](C)CC[C@H]1C(C)C)Cc1ccccc1.Cl. The predicted octanol–water partition coefficient (Wildman–Crippen LogP) is 4.04. The monoisotopic (exact) mass is 483 g/mol. The topological polar surface area (TPSA) is 84.2 Å². The molecule has 1 aromatic carbocycles. The van der Waals surface area contributed by atoms with Crippen LogP contribution in [0, 0.1) is 23.7 Å². The summed E-state index contributed by atoms with van der Waals surface area (Å²) in [5.74, 6) is 2.40. The number of benzene rings is 1. The Morgan fingerprint density at radius 3 is 2.50 bits per heavy atom. The van der Waals surface area contributed by atoms with Crippen LogP contribution in [0.15, 0.2) is 30.3 Å². The standard InChI is InChI=1S/C25H41N3O2S.ClH/c1-17(2)21-11-10-18(3)14-22(21)24(29)27-16-20(15-19-8-6-5-7-9-19)28-25(30)23(26)12-13-31-4;/h5-9,17-18,20-23H,10-16,26H2,1-4H3,(H,27,29)(H,28,30);1H/t18-,20?,21+,22-,23?;/m1./s1. The number of amides is 2. The molecule has 1 aromatic rings. The van der Waals surface area contributed by atoms with Crippen LogP contribution in [0.4, 0.5) is 0 Å². The maximum absolute atomic E-state index is 13.1. The zero-order valence-corrected chi connectivity index (χ0v) is 21.6. The van der Waals surface area contributed by atoms with Crippen molar-refractivity contribution in [3.63, 3.8) is 0 Å². The van der Waals surface area contributed by atoms with E-state index in [4.69, 9.17) is 5.73 Å². The van der Waals surface area contributed by atoms with Gasteiger partial charge in [0.05, 0.1) is 12.1 Å². The van der Waals surface area contributed by atoms with Crippen LogP contribution in [-0.2, 0) is 16.0 Å². The Morgan fingerprint density at radius 2 is 1.88 bits per heavy atom. The number of thioether (sulfide) groups is 1. The zero-order chi connectivity index (χ0) is 22.8. The van der Waals surface area contributed by atoms with Crippen LogP contribution in [0.2, 0.25) is 0 Å². The molecule has 1 fully saturated rings. The fourth-order valence-corrected chi connectivity index (χ4v) is 5.11. The molecule has 0 radical (unpaired) electrons. The third-order valence-corrected chi connectivity index (χ3v) is 7.17. The number of carbonyl (C=O) groups is 2. The van der Waals surface area contributed by atoms with Crippen LogP contribution in [0.5, 0.6) is 0 Å². The minimum Gasteiger partial charge on any atom is -0.354 e. The number of halogens is 1. The first-order chi connectivity index (χ1) is 14.8. The zero-order valence-electron chi connectivity index (χ0n) is 20.0. The summed E-state index contributed by atoms with van der Waals surface area (Å²) in [4.78, 5) is 25.7. The Morgan fingerprint density at radius 1 is 1.19 bits per heavy atom. The van der Waals surface area contributed by atoms with Gasteiger partial charge in [-0.15, -0.1) is 12.4 Å². The second kappa shape index (κ2) is 14.8. The molecule has 0 aromatic heterocycles. The Bertz CT molecular complexity index is 689. The largest absolute Gasteiger partial charge is 0.354 e. The van der Waals surface area contributed by atoms with E-state index < -0.39 is 6.04 Å². The molecule has 0 aliphatic heterocycles. The molecule has 0 bridgehead atoms. The van der Waals surface area contributed by atoms with Crippen LogP contribution < -0.4 is 16.4 Å². The molecule has 1 aliphatic rings. The lowest BCUT2D eigenvalue weighted by Gasteiger charge is -2.36. The van der Waals surface area contributed by atoms with Gasteiger partial charge in [-0.25, -0.2) is 0 Å². The quantitative estimate of drug-likeness (QED) is 0.443. The molecule has 5 nitrogen and oxygen atoms in total. The van der Waals surface area contributed by atoms with Gasteiger partial charge in [-0.2, -0.15) is 11.8 Å². The van der Waals surface area contributed by atoms with Crippen LogP contribution in [0.1, 0.15) is 52.0 Å². The number of nitrogens with one attached hydrogen (secondary N) is 2. The van der Waals surface area contributed by atoms with Crippen LogP contribution >= 0.6 is 24.2 Å². The Labute approximate surface area is 204 Å². The summed E-state index contributed by atoms with van der Waals surface area (Å²) in [6, 6.07) is 9.36. The summed E-state index contributed by atoms with van der Waals surface area (Å²) >= 11 is 1.68. The summed E-state index contributed by atoms with van der Waals surface area (Å²) < 4.78 is 0. The highest BCUT2D eigenvalue weighted by Gasteiger charge is 2.35. The average molecular weight is 484 g/mol. The van der Waals surface area contributed by atoms with E-state index >= 15 is 0 Å². The van der Waals surface area contributed by atoms with Crippen molar-refractivity contribution in [2.24, 2.45) is 29.4 Å². The summed E-state index contributed by atoms with van der Waals surface area (Å²) in [6.45, 7) is 7.10. The van der Waals surface area contributed by atoms with E-state index in [-0.39, 0.29) is 36.2 Å². The van der Waals surface area contributed by atoms with Crippen molar-refractivity contribution in [2.45, 2.75) is 65.0 Å². The van der Waals surface area contributed by atoms with Gasteiger partial charge < -0.3 is 16.4 Å². The number of nitrogens with two attached hydrogens (primary N) is 1. The number of hydrogen-bond donors (Lipinski definition) is 3. The molecule has 2 amide bonds. The van der Waals surface area contributed by atoms with Gasteiger partial charge in [0.25, 0.3) is 0 Å². The molecule has 0 spiro atoms. The first-order valence-electron chi connectivity index (χ1n) is 11.7. The van der Waals surface area contributed by atoms with Crippen molar-refractivity contribution in [1.82, 2.24) is 10.6 Å². The van der Waals surface area contributed by atoms with Crippen LogP contribution in [0.3, 0.4) is 0 Å². The summed E-state index contributed by atoms with van der Waals surface area (Å²) in [6.07, 6.45) is 6.59. The Kier molecular flexibility index (Phi) is 13.3.